The number of fused-ring (bicyclic) bond motifs is 1. The van der Waals surface area contributed by atoms with Crippen LogP contribution in [0.2, 0.25) is 0 Å². The first-order valence-corrected chi connectivity index (χ1v) is 7.35. The summed E-state index contributed by atoms with van der Waals surface area (Å²) in [5.41, 5.74) is 0. The average molecular weight is 276 g/mol. The molecule has 100 valence electrons. The van der Waals surface area contributed by atoms with Gasteiger partial charge < -0.3 is 0 Å². The van der Waals surface area contributed by atoms with Gasteiger partial charge in [0.15, 0.2) is 5.82 Å². The van der Waals surface area contributed by atoms with Crippen molar-refractivity contribution >= 4 is 16.3 Å². The van der Waals surface area contributed by atoms with E-state index in [1.165, 1.54) is 0 Å². The van der Waals surface area contributed by atoms with E-state index in [9.17, 15) is 0 Å². The van der Waals surface area contributed by atoms with E-state index in [4.69, 9.17) is 0 Å². The van der Waals surface area contributed by atoms with Crippen molar-refractivity contribution in [1.29, 1.82) is 0 Å². The Morgan fingerprint density at radius 1 is 1.32 bits per heavy atom. The fraction of sp³-hybridized carbons (Fsp3) is 0.500. The van der Waals surface area contributed by atoms with Crippen molar-refractivity contribution in [2.75, 3.05) is 0 Å². The molecule has 3 aromatic heterocycles. The summed E-state index contributed by atoms with van der Waals surface area (Å²) in [5, 5.41) is 18.4. The molecule has 3 aromatic rings. The summed E-state index contributed by atoms with van der Waals surface area (Å²) in [6, 6.07) is 2.11. The molecule has 0 aromatic carbocycles. The van der Waals surface area contributed by atoms with E-state index in [-0.39, 0.29) is 6.04 Å². The Morgan fingerprint density at radius 2 is 2.21 bits per heavy atom. The van der Waals surface area contributed by atoms with Crippen molar-refractivity contribution < 1.29 is 0 Å². The first-order chi connectivity index (χ1) is 9.33. The molecule has 0 saturated heterocycles. The standard InChI is InChI=1S/C12H16N6S/c1-3-6-10-14-15-12-18(10)16-11(19-12)9(4-2)17-8-5-7-13-17/h5,7-9H,3-4,6H2,1-2H3/t9-/m0/s1. The largest absolute Gasteiger partial charge is 0.263 e. The predicted octanol–water partition coefficient (Wildman–Crippen LogP) is 2.33. The second kappa shape index (κ2) is 5.08. The smallest absolute Gasteiger partial charge is 0.234 e. The summed E-state index contributed by atoms with van der Waals surface area (Å²) >= 11 is 1.59. The predicted molar refractivity (Wildman–Crippen MR) is 73.3 cm³/mol. The molecule has 0 aliphatic heterocycles. The molecule has 7 heteroatoms. The molecule has 0 radical (unpaired) electrons. The minimum absolute atomic E-state index is 0.177. The van der Waals surface area contributed by atoms with Crippen molar-refractivity contribution in [3.8, 4) is 0 Å². The molecule has 0 unspecified atom stereocenters. The van der Waals surface area contributed by atoms with Crippen molar-refractivity contribution in [2.24, 2.45) is 0 Å². The highest BCUT2D eigenvalue weighted by Crippen LogP contribution is 2.26. The second-order valence-electron chi connectivity index (χ2n) is 4.41. The number of hydrogen-bond acceptors (Lipinski definition) is 5. The third-order valence-corrected chi connectivity index (χ3v) is 4.06. The van der Waals surface area contributed by atoms with Crippen LogP contribution in [0.25, 0.3) is 4.96 Å². The highest BCUT2D eigenvalue weighted by atomic mass is 32.1. The summed E-state index contributed by atoms with van der Waals surface area (Å²) in [5.74, 6) is 0.940. The number of aromatic nitrogens is 6. The van der Waals surface area contributed by atoms with Gasteiger partial charge in [-0.05, 0) is 18.9 Å². The SMILES string of the molecule is CCCc1nnc2sc([C@H](CC)n3cccn3)nn12. The zero-order valence-electron chi connectivity index (χ0n) is 11.0. The van der Waals surface area contributed by atoms with E-state index in [2.05, 4.69) is 34.2 Å². The van der Waals surface area contributed by atoms with Crippen LogP contribution in [-0.4, -0.2) is 29.6 Å². The maximum absolute atomic E-state index is 4.67. The molecule has 0 aliphatic rings. The zero-order valence-corrected chi connectivity index (χ0v) is 11.8. The first-order valence-electron chi connectivity index (χ1n) is 6.53. The number of hydrogen-bond donors (Lipinski definition) is 0. The van der Waals surface area contributed by atoms with Gasteiger partial charge in [-0.3, -0.25) is 4.68 Å². The van der Waals surface area contributed by atoms with E-state index in [0.29, 0.717) is 0 Å². The van der Waals surface area contributed by atoms with E-state index >= 15 is 0 Å². The van der Waals surface area contributed by atoms with Gasteiger partial charge in [-0.2, -0.15) is 14.7 Å². The third-order valence-electron chi connectivity index (χ3n) is 3.06. The molecule has 0 N–H and O–H groups in total. The van der Waals surface area contributed by atoms with Gasteiger partial charge in [0.1, 0.15) is 11.0 Å². The Bertz CT molecular complexity index is 653. The Morgan fingerprint density at radius 3 is 2.89 bits per heavy atom. The normalized spacial score (nSPS) is 13.2. The van der Waals surface area contributed by atoms with E-state index in [0.717, 1.165) is 35.1 Å². The van der Waals surface area contributed by atoms with Crippen LogP contribution in [0.3, 0.4) is 0 Å². The third kappa shape index (κ3) is 2.14. The van der Waals surface area contributed by atoms with Gasteiger partial charge in [0.2, 0.25) is 4.96 Å². The molecule has 0 bridgehead atoms. The minimum Gasteiger partial charge on any atom is -0.263 e. The average Bonchev–Trinajstić information content (AvgIpc) is 3.09. The van der Waals surface area contributed by atoms with Crippen LogP contribution >= 0.6 is 11.3 Å². The molecule has 0 fully saturated rings. The summed E-state index contributed by atoms with van der Waals surface area (Å²) in [7, 11) is 0. The quantitative estimate of drug-likeness (QED) is 0.717. The molecule has 1 atom stereocenters. The van der Waals surface area contributed by atoms with Gasteiger partial charge in [-0.15, -0.1) is 10.2 Å². The molecule has 3 heterocycles. The van der Waals surface area contributed by atoms with Crippen molar-refractivity contribution in [3.63, 3.8) is 0 Å². The summed E-state index contributed by atoms with van der Waals surface area (Å²) in [6.45, 7) is 4.27. The lowest BCUT2D eigenvalue weighted by molar-refractivity contribution is 0.500. The summed E-state index contributed by atoms with van der Waals surface area (Å²) in [6.07, 6.45) is 6.68. The van der Waals surface area contributed by atoms with Crippen LogP contribution < -0.4 is 0 Å². The lowest BCUT2D eigenvalue weighted by atomic mass is 10.2. The maximum atomic E-state index is 4.67. The van der Waals surface area contributed by atoms with Gasteiger partial charge >= 0.3 is 0 Å². The van der Waals surface area contributed by atoms with Crippen molar-refractivity contribution in [1.82, 2.24) is 29.6 Å². The second-order valence-corrected chi connectivity index (χ2v) is 5.40. The molecule has 3 rings (SSSR count). The Hall–Kier alpha value is -1.76. The molecule has 0 amide bonds. The molecule has 0 spiro atoms. The van der Waals surface area contributed by atoms with E-state index in [1.54, 1.807) is 17.5 Å². The van der Waals surface area contributed by atoms with E-state index < -0.39 is 0 Å². The fourth-order valence-corrected chi connectivity index (χ4v) is 3.16. The van der Waals surface area contributed by atoms with Gasteiger partial charge in [-0.1, -0.05) is 25.2 Å². The molecule has 0 aliphatic carbocycles. The van der Waals surface area contributed by atoms with Crippen LogP contribution in [0.4, 0.5) is 0 Å². The van der Waals surface area contributed by atoms with Crippen LogP contribution in [0, 0.1) is 0 Å². The monoisotopic (exact) mass is 276 g/mol. The Labute approximate surface area is 115 Å². The molecular weight excluding hydrogens is 260 g/mol. The van der Waals surface area contributed by atoms with Crippen LogP contribution in [-0.2, 0) is 6.42 Å². The zero-order chi connectivity index (χ0) is 13.2. The lowest BCUT2D eigenvalue weighted by Crippen LogP contribution is -2.10. The van der Waals surface area contributed by atoms with Crippen molar-refractivity contribution in [2.45, 2.75) is 39.2 Å². The van der Waals surface area contributed by atoms with Crippen LogP contribution in [0.1, 0.15) is 43.6 Å². The molecule has 6 nitrogen and oxygen atoms in total. The maximum Gasteiger partial charge on any atom is 0.234 e. The lowest BCUT2D eigenvalue weighted by Gasteiger charge is -2.11. The minimum atomic E-state index is 0.177. The Balaban J connectivity index is 2.00. The highest BCUT2D eigenvalue weighted by molar-refractivity contribution is 7.16. The molecule has 19 heavy (non-hydrogen) atoms. The number of nitrogens with zero attached hydrogens (tertiary/aromatic N) is 6. The first kappa shape index (κ1) is 12.3. The van der Waals surface area contributed by atoms with E-state index in [1.807, 2.05) is 21.5 Å². The van der Waals surface area contributed by atoms with Gasteiger partial charge in [0.05, 0.1) is 0 Å². The molecular formula is C12H16N6S. The fourth-order valence-electron chi connectivity index (χ4n) is 2.13. The number of aryl methyl sites for hydroxylation is 1. The molecule has 0 saturated carbocycles. The van der Waals surface area contributed by atoms with Crippen LogP contribution in [0.5, 0.6) is 0 Å². The van der Waals surface area contributed by atoms with Crippen LogP contribution in [0.15, 0.2) is 18.5 Å². The summed E-state index contributed by atoms with van der Waals surface area (Å²) < 4.78 is 3.82. The Kier molecular flexibility index (Phi) is 3.29. The topological polar surface area (TPSA) is 60.9 Å². The number of rotatable bonds is 5. The summed E-state index contributed by atoms with van der Waals surface area (Å²) in [4.78, 5) is 0.865. The van der Waals surface area contributed by atoms with Crippen molar-refractivity contribution in [3.05, 3.63) is 29.3 Å². The van der Waals surface area contributed by atoms with Gasteiger partial charge in [0, 0.05) is 18.8 Å². The highest BCUT2D eigenvalue weighted by Gasteiger charge is 2.19. The van der Waals surface area contributed by atoms with Gasteiger partial charge in [0.25, 0.3) is 0 Å². The van der Waals surface area contributed by atoms with Gasteiger partial charge in [-0.25, -0.2) is 0 Å².